The van der Waals surface area contributed by atoms with Crippen molar-refractivity contribution in [2.75, 3.05) is 6.54 Å². The van der Waals surface area contributed by atoms with E-state index in [4.69, 9.17) is 10.8 Å². The van der Waals surface area contributed by atoms with Gasteiger partial charge in [0.25, 0.3) is 0 Å². The van der Waals surface area contributed by atoms with Crippen molar-refractivity contribution in [2.45, 2.75) is 39.0 Å². The molecule has 0 bridgehead atoms. The second-order valence-electron chi connectivity index (χ2n) is 5.22. The van der Waals surface area contributed by atoms with Crippen LogP contribution in [-0.2, 0) is 4.79 Å². The van der Waals surface area contributed by atoms with Gasteiger partial charge in [0.2, 0.25) is 0 Å². The number of aliphatic carboxylic acids is 1. The summed E-state index contributed by atoms with van der Waals surface area (Å²) in [5.41, 5.74) is 5.81. The quantitative estimate of drug-likeness (QED) is 0.746. The molecule has 0 aromatic carbocycles. The van der Waals surface area contributed by atoms with Gasteiger partial charge in [0, 0.05) is 0 Å². The molecule has 2 aliphatic rings. The topological polar surface area (TPSA) is 63.3 Å². The van der Waals surface area contributed by atoms with Crippen LogP contribution < -0.4 is 5.73 Å². The maximum atomic E-state index is 11.0. The van der Waals surface area contributed by atoms with Gasteiger partial charge in [-0.3, -0.25) is 4.79 Å². The fraction of sp³-hybridized carbons (Fsp3) is 0.917. The lowest BCUT2D eigenvalue weighted by Crippen LogP contribution is -2.59. The van der Waals surface area contributed by atoms with Crippen molar-refractivity contribution in [1.82, 2.24) is 0 Å². The van der Waals surface area contributed by atoms with Crippen molar-refractivity contribution in [2.24, 2.45) is 28.9 Å². The van der Waals surface area contributed by atoms with E-state index in [0.29, 0.717) is 18.4 Å². The van der Waals surface area contributed by atoms with E-state index in [9.17, 15) is 4.79 Å². The van der Waals surface area contributed by atoms with Crippen LogP contribution in [0.1, 0.15) is 39.0 Å². The van der Waals surface area contributed by atoms with E-state index in [1.807, 2.05) is 0 Å². The third-order valence-corrected chi connectivity index (χ3v) is 4.86. The molecule has 2 aliphatic carbocycles. The van der Waals surface area contributed by atoms with E-state index in [-0.39, 0.29) is 11.8 Å². The number of carbonyl (C=O) groups is 1. The smallest absolute Gasteiger partial charge is 0.303 e. The summed E-state index contributed by atoms with van der Waals surface area (Å²) in [5.74, 6) is 1.26. The molecule has 2 saturated carbocycles. The minimum atomic E-state index is -0.677. The Morgan fingerprint density at radius 2 is 2.27 bits per heavy atom. The van der Waals surface area contributed by atoms with Crippen molar-refractivity contribution in [3.05, 3.63) is 0 Å². The maximum Gasteiger partial charge on any atom is 0.303 e. The molecular formula is C12H21NO2. The van der Waals surface area contributed by atoms with Gasteiger partial charge in [0.05, 0.1) is 6.42 Å². The molecule has 3 N–H and O–H groups in total. The maximum absolute atomic E-state index is 11.0. The third kappa shape index (κ3) is 1.40. The predicted octanol–water partition coefficient (Wildman–Crippen LogP) is 1.86. The van der Waals surface area contributed by atoms with Gasteiger partial charge in [-0.2, -0.15) is 0 Å². The highest BCUT2D eigenvalue weighted by molar-refractivity contribution is 5.68. The van der Waals surface area contributed by atoms with Crippen molar-refractivity contribution in [3.63, 3.8) is 0 Å². The number of hydrogen-bond acceptors (Lipinski definition) is 2. The van der Waals surface area contributed by atoms with Crippen LogP contribution in [0.25, 0.3) is 0 Å². The number of hydrogen-bond donors (Lipinski definition) is 2. The summed E-state index contributed by atoms with van der Waals surface area (Å²) in [6, 6.07) is 0. The van der Waals surface area contributed by atoms with Gasteiger partial charge >= 0.3 is 5.97 Å². The van der Waals surface area contributed by atoms with E-state index in [2.05, 4.69) is 6.92 Å². The zero-order valence-corrected chi connectivity index (χ0v) is 9.41. The predicted molar refractivity (Wildman–Crippen MR) is 58.4 cm³/mol. The largest absolute Gasteiger partial charge is 0.481 e. The van der Waals surface area contributed by atoms with Crippen molar-refractivity contribution in [3.8, 4) is 0 Å². The standard InChI is InChI=1S/C12H21NO2/c1-2-9-8-4-3-5-10(8)12(9,7-13)6-11(14)15/h8-10H,2-7,13H2,1H3,(H,14,15)/t8-,9?,10?,12-/m0/s1. The molecule has 0 heterocycles. The second-order valence-corrected chi connectivity index (χ2v) is 5.22. The average molecular weight is 211 g/mol. The molecule has 3 nitrogen and oxygen atoms in total. The minimum Gasteiger partial charge on any atom is -0.481 e. The molecule has 0 aliphatic heterocycles. The molecule has 3 heteroatoms. The molecule has 2 fully saturated rings. The first-order valence-electron chi connectivity index (χ1n) is 6.07. The monoisotopic (exact) mass is 211 g/mol. The third-order valence-electron chi connectivity index (χ3n) is 4.86. The molecule has 0 aromatic heterocycles. The van der Waals surface area contributed by atoms with Crippen LogP contribution in [0, 0.1) is 23.2 Å². The molecular weight excluding hydrogens is 190 g/mol. The molecule has 0 spiro atoms. The molecule has 0 radical (unpaired) electrons. The Morgan fingerprint density at radius 3 is 2.80 bits per heavy atom. The van der Waals surface area contributed by atoms with Crippen LogP contribution in [0.3, 0.4) is 0 Å². The first-order chi connectivity index (χ1) is 7.15. The summed E-state index contributed by atoms with van der Waals surface area (Å²) in [6.45, 7) is 2.73. The lowest BCUT2D eigenvalue weighted by Gasteiger charge is -2.59. The van der Waals surface area contributed by atoms with Crippen molar-refractivity contribution >= 4 is 5.97 Å². The first-order valence-corrected chi connectivity index (χ1v) is 6.07. The normalized spacial score (nSPS) is 43.5. The van der Waals surface area contributed by atoms with E-state index < -0.39 is 5.97 Å². The fourth-order valence-corrected chi connectivity index (χ4v) is 4.39. The summed E-state index contributed by atoms with van der Waals surface area (Å²) in [5, 5.41) is 9.02. The Labute approximate surface area is 91.0 Å². The fourth-order valence-electron chi connectivity index (χ4n) is 4.39. The number of carboxylic acids is 1. The van der Waals surface area contributed by atoms with Crippen molar-refractivity contribution < 1.29 is 9.90 Å². The summed E-state index contributed by atoms with van der Waals surface area (Å²) < 4.78 is 0. The Balaban J connectivity index is 2.18. The molecule has 86 valence electrons. The van der Waals surface area contributed by atoms with Gasteiger partial charge in [-0.05, 0) is 42.6 Å². The van der Waals surface area contributed by atoms with Gasteiger partial charge in [-0.15, -0.1) is 0 Å². The highest BCUT2D eigenvalue weighted by Gasteiger charge is 2.61. The average Bonchev–Trinajstić information content (AvgIpc) is 2.60. The lowest BCUT2D eigenvalue weighted by molar-refractivity contribution is -0.155. The second kappa shape index (κ2) is 3.78. The molecule has 15 heavy (non-hydrogen) atoms. The van der Waals surface area contributed by atoms with Gasteiger partial charge in [0.15, 0.2) is 0 Å². The summed E-state index contributed by atoms with van der Waals surface area (Å²) in [6.07, 6.45) is 5.14. The van der Waals surface area contributed by atoms with E-state index in [1.54, 1.807) is 0 Å². The SMILES string of the molecule is CCC1[C@@H]2CCCC2[C@]1(CN)CC(=O)O. The lowest BCUT2D eigenvalue weighted by atomic mass is 9.46. The minimum absolute atomic E-state index is 0.0677. The van der Waals surface area contributed by atoms with Crippen LogP contribution >= 0.6 is 0 Å². The highest BCUT2D eigenvalue weighted by atomic mass is 16.4. The number of rotatable bonds is 4. The van der Waals surface area contributed by atoms with Gasteiger partial charge in [-0.1, -0.05) is 19.8 Å². The van der Waals surface area contributed by atoms with Crippen molar-refractivity contribution in [1.29, 1.82) is 0 Å². The zero-order valence-electron chi connectivity index (χ0n) is 9.41. The zero-order chi connectivity index (χ0) is 11.1. The van der Waals surface area contributed by atoms with Crippen LogP contribution in [0.2, 0.25) is 0 Å². The van der Waals surface area contributed by atoms with Crippen LogP contribution in [0.4, 0.5) is 0 Å². The van der Waals surface area contributed by atoms with Crippen LogP contribution in [0.5, 0.6) is 0 Å². The van der Waals surface area contributed by atoms with Gasteiger partial charge < -0.3 is 10.8 Å². The molecule has 0 saturated heterocycles. The van der Waals surface area contributed by atoms with E-state index in [0.717, 1.165) is 12.3 Å². The number of nitrogens with two attached hydrogens (primary N) is 1. The van der Waals surface area contributed by atoms with Gasteiger partial charge in [0.1, 0.15) is 0 Å². The van der Waals surface area contributed by atoms with Gasteiger partial charge in [-0.25, -0.2) is 0 Å². The Bertz CT molecular complexity index is 266. The molecule has 4 atom stereocenters. The number of carboxylic acid groups (broad SMARTS) is 1. The van der Waals surface area contributed by atoms with Crippen LogP contribution in [-0.4, -0.2) is 17.6 Å². The molecule has 2 rings (SSSR count). The van der Waals surface area contributed by atoms with Crippen LogP contribution in [0.15, 0.2) is 0 Å². The molecule has 0 amide bonds. The molecule has 2 unspecified atom stereocenters. The first kappa shape index (κ1) is 10.9. The Hall–Kier alpha value is -0.570. The summed E-state index contributed by atoms with van der Waals surface area (Å²) >= 11 is 0. The molecule has 0 aromatic rings. The highest BCUT2D eigenvalue weighted by Crippen LogP contribution is 2.65. The van der Waals surface area contributed by atoms with E-state index >= 15 is 0 Å². The van der Waals surface area contributed by atoms with E-state index in [1.165, 1.54) is 19.3 Å². The Morgan fingerprint density at radius 1 is 1.53 bits per heavy atom. The number of fused-ring (bicyclic) bond motifs is 1. The summed E-state index contributed by atoms with van der Waals surface area (Å²) in [4.78, 5) is 11.0. The Kier molecular flexibility index (Phi) is 2.75. The summed E-state index contributed by atoms with van der Waals surface area (Å²) in [7, 11) is 0.